The Kier molecular flexibility index (Phi) is 2.10. The van der Waals surface area contributed by atoms with Gasteiger partial charge in [-0.3, -0.25) is 0 Å². The maximum absolute atomic E-state index is 9.06. The molecule has 2 nitrogen and oxygen atoms in total. The zero-order valence-corrected chi connectivity index (χ0v) is 5.30. The van der Waals surface area contributed by atoms with E-state index in [1.165, 1.54) is 0 Å². The lowest BCUT2D eigenvalue weighted by Gasteiger charge is -2.10. The second kappa shape index (κ2) is 2.86. The van der Waals surface area contributed by atoms with Crippen molar-refractivity contribution in [1.29, 1.82) is 0 Å². The molecule has 0 saturated carbocycles. The summed E-state index contributed by atoms with van der Waals surface area (Å²) in [4.78, 5) is 0. The molecule has 0 bridgehead atoms. The molecule has 1 aliphatic heterocycles. The minimum absolute atomic E-state index is 0.148. The summed E-state index contributed by atoms with van der Waals surface area (Å²) in [5.41, 5.74) is 0. The summed E-state index contributed by atoms with van der Waals surface area (Å²) < 4.78 is 0. The highest BCUT2D eigenvalue weighted by Crippen LogP contribution is 2.07. The molecule has 0 amide bonds. The molecule has 2 heteroatoms. The molecule has 0 aromatic carbocycles. The van der Waals surface area contributed by atoms with Gasteiger partial charge in [-0.05, 0) is 19.4 Å². The summed E-state index contributed by atoms with van der Waals surface area (Å²) in [5.74, 6) is 2.30. The predicted molar refractivity (Wildman–Crippen MR) is 35.9 cm³/mol. The fourth-order valence-electron chi connectivity index (χ4n) is 1.10. The van der Waals surface area contributed by atoms with E-state index in [0.717, 1.165) is 19.4 Å². The van der Waals surface area contributed by atoms with Crippen molar-refractivity contribution in [1.82, 2.24) is 5.32 Å². The fraction of sp³-hybridized carbons (Fsp3) is 0.714. The molecule has 0 aromatic heterocycles. The number of aliphatic hydroxyl groups is 1. The van der Waals surface area contributed by atoms with E-state index in [2.05, 4.69) is 11.2 Å². The molecule has 2 N–H and O–H groups in total. The summed E-state index contributed by atoms with van der Waals surface area (Å²) in [7, 11) is 0. The Morgan fingerprint density at radius 3 is 3.00 bits per heavy atom. The zero-order valence-electron chi connectivity index (χ0n) is 5.30. The summed E-state index contributed by atoms with van der Waals surface area (Å²) >= 11 is 0. The van der Waals surface area contributed by atoms with Gasteiger partial charge < -0.3 is 10.4 Å². The van der Waals surface area contributed by atoms with Gasteiger partial charge in [0, 0.05) is 6.04 Å². The van der Waals surface area contributed by atoms with Gasteiger partial charge in [-0.15, -0.1) is 6.42 Å². The molecule has 0 radical (unpaired) electrons. The summed E-state index contributed by atoms with van der Waals surface area (Å²) in [6.07, 6.45) is 6.56. The predicted octanol–water partition coefficient (Wildman–Crippen LogP) is -0.268. The van der Waals surface area contributed by atoms with Crippen molar-refractivity contribution in [3.05, 3.63) is 0 Å². The van der Waals surface area contributed by atoms with E-state index in [-0.39, 0.29) is 6.04 Å². The standard InChI is InChI=1S/C7H11NO/c1-2-7(9)6-4-3-5-8-6/h1,6-9H,3-5H2/t6?,7-/m1/s1. The van der Waals surface area contributed by atoms with Gasteiger partial charge in [0.25, 0.3) is 0 Å². The highest BCUT2D eigenvalue weighted by molar-refractivity contribution is 5.01. The molecule has 1 fully saturated rings. The first-order chi connectivity index (χ1) is 4.34. The van der Waals surface area contributed by atoms with Crippen LogP contribution in [-0.2, 0) is 0 Å². The largest absolute Gasteiger partial charge is 0.379 e. The van der Waals surface area contributed by atoms with Crippen molar-refractivity contribution in [2.75, 3.05) is 6.54 Å². The number of nitrogens with one attached hydrogen (secondary N) is 1. The van der Waals surface area contributed by atoms with Crippen LogP contribution in [0.2, 0.25) is 0 Å². The molecule has 0 spiro atoms. The minimum atomic E-state index is -0.590. The van der Waals surface area contributed by atoms with Gasteiger partial charge >= 0.3 is 0 Å². The van der Waals surface area contributed by atoms with Crippen LogP contribution in [0.25, 0.3) is 0 Å². The SMILES string of the molecule is C#C[C@@H](O)C1CCCN1. The topological polar surface area (TPSA) is 32.3 Å². The van der Waals surface area contributed by atoms with Gasteiger partial charge in [0.1, 0.15) is 6.10 Å². The Hall–Kier alpha value is -0.520. The van der Waals surface area contributed by atoms with E-state index < -0.39 is 6.10 Å². The van der Waals surface area contributed by atoms with E-state index in [1.807, 2.05) is 0 Å². The lowest BCUT2D eigenvalue weighted by Crippen LogP contribution is -2.33. The maximum atomic E-state index is 9.06. The third kappa shape index (κ3) is 1.44. The van der Waals surface area contributed by atoms with Gasteiger partial charge in [0.05, 0.1) is 0 Å². The molecular weight excluding hydrogens is 114 g/mol. The van der Waals surface area contributed by atoms with Crippen molar-refractivity contribution in [2.24, 2.45) is 0 Å². The number of aliphatic hydroxyl groups excluding tert-OH is 1. The minimum Gasteiger partial charge on any atom is -0.379 e. The van der Waals surface area contributed by atoms with Crippen LogP contribution in [0.1, 0.15) is 12.8 Å². The molecule has 1 heterocycles. The average molecular weight is 125 g/mol. The highest BCUT2D eigenvalue weighted by Gasteiger charge is 2.19. The van der Waals surface area contributed by atoms with Crippen molar-refractivity contribution in [3.8, 4) is 12.3 Å². The third-order valence-corrected chi connectivity index (χ3v) is 1.65. The Morgan fingerprint density at radius 2 is 2.56 bits per heavy atom. The highest BCUT2D eigenvalue weighted by atomic mass is 16.3. The van der Waals surface area contributed by atoms with Gasteiger partial charge in [0.15, 0.2) is 0 Å². The maximum Gasteiger partial charge on any atom is 0.129 e. The van der Waals surface area contributed by atoms with Crippen molar-refractivity contribution >= 4 is 0 Å². The average Bonchev–Trinajstić information content (AvgIpc) is 2.37. The van der Waals surface area contributed by atoms with Crippen LogP contribution in [0, 0.1) is 12.3 Å². The molecule has 9 heavy (non-hydrogen) atoms. The first-order valence-electron chi connectivity index (χ1n) is 3.22. The van der Waals surface area contributed by atoms with Crippen molar-refractivity contribution in [3.63, 3.8) is 0 Å². The normalized spacial score (nSPS) is 29.6. The smallest absolute Gasteiger partial charge is 0.129 e. The number of terminal acetylenes is 1. The lowest BCUT2D eigenvalue weighted by atomic mass is 10.1. The van der Waals surface area contributed by atoms with E-state index in [4.69, 9.17) is 11.5 Å². The Morgan fingerprint density at radius 1 is 1.78 bits per heavy atom. The van der Waals surface area contributed by atoms with Crippen molar-refractivity contribution in [2.45, 2.75) is 25.0 Å². The van der Waals surface area contributed by atoms with Gasteiger partial charge in [-0.2, -0.15) is 0 Å². The molecule has 1 saturated heterocycles. The summed E-state index contributed by atoms with van der Waals surface area (Å²) in [6.45, 7) is 0.989. The third-order valence-electron chi connectivity index (χ3n) is 1.65. The molecule has 1 rings (SSSR count). The first kappa shape index (κ1) is 6.60. The molecule has 0 aliphatic carbocycles. The number of hydrogen-bond acceptors (Lipinski definition) is 2. The summed E-state index contributed by atoms with van der Waals surface area (Å²) in [6, 6.07) is 0.148. The van der Waals surface area contributed by atoms with Crippen LogP contribution >= 0.6 is 0 Å². The number of rotatable bonds is 1. The van der Waals surface area contributed by atoms with Crippen LogP contribution in [0.15, 0.2) is 0 Å². The molecule has 2 atom stereocenters. The number of hydrogen-bond donors (Lipinski definition) is 2. The van der Waals surface area contributed by atoms with E-state index in [9.17, 15) is 0 Å². The van der Waals surface area contributed by atoms with Crippen LogP contribution in [-0.4, -0.2) is 23.8 Å². The van der Waals surface area contributed by atoms with Gasteiger partial charge in [-0.25, -0.2) is 0 Å². The Labute approximate surface area is 55.3 Å². The van der Waals surface area contributed by atoms with E-state index in [1.54, 1.807) is 0 Å². The first-order valence-corrected chi connectivity index (χ1v) is 3.22. The molecular formula is C7H11NO. The quantitative estimate of drug-likeness (QED) is 0.473. The van der Waals surface area contributed by atoms with E-state index in [0.29, 0.717) is 0 Å². The Bertz CT molecular complexity index is 121. The van der Waals surface area contributed by atoms with Gasteiger partial charge in [0.2, 0.25) is 0 Å². The van der Waals surface area contributed by atoms with E-state index >= 15 is 0 Å². The molecule has 1 aliphatic rings. The molecule has 0 aromatic rings. The van der Waals surface area contributed by atoms with Crippen LogP contribution in [0.3, 0.4) is 0 Å². The van der Waals surface area contributed by atoms with Crippen LogP contribution in [0.4, 0.5) is 0 Å². The van der Waals surface area contributed by atoms with Crippen molar-refractivity contribution < 1.29 is 5.11 Å². The van der Waals surface area contributed by atoms with Gasteiger partial charge in [-0.1, -0.05) is 5.92 Å². The second-order valence-electron chi connectivity index (χ2n) is 2.31. The van der Waals surface area contributed by atoms with Crippen LogP contribution in [0.5, 0.6) is 0 Å². The Balaban J connectivity index is 2.34. The monoisotopic (exact) mass is 125 g/mol. The molecule has 50 valence electrons. The zero-order chi connectivity index (χ0) is 6.69. The lowest BCUT2D eigenvalue weighted by molar-refractivity contribution is 0.190. The molecule has 1 unspecified atom stereocenters. The fourth-order valence-corrected chi connectivity index (χ4v) is 1.10. The summed E-state index contributed by atoms with van der Waals surface area (Å²) in [5, 5.41) is 12.2. The second-order valence-corrected chi connectivity index (χ2v) is 2.31. The van der Waals surface area contributed by atoms with Crippen LogP contribution < -0.4 is 5.32 Å².